The van der Waals surface area contributed by atoms with Crippen molar-refractivity contribution in [3.63, 3.8) is 0 Å². The van der Waals surface area contributed by atoms with Crippen molar-refractivity contribution in [1.29, 1.82) is 0 Å². The molecule has 0 aromatic heterocycles. The van der Waals surface area contributed by atoms with Gasteiger partial charge in [-0.2, -0.15) is 0 Å². The van der Waals surface area contributed by atoms with Gasteiger partial charge in [-0.3, -0.25) is 14.5 Å². The highest BCUT2D eigenvalue weighted by Gasteiger charge is 2.50. The lowest BCUT2D eigenvalue weighted by molar-refractivity contribution is -0.141. The summed E-state index contributed by atoms with van der Waals surface area (Å²) >= 11 is 6.46. The normalized spacial score (nSPS) is 32.4. The number of halogens is 1. The van der Waals surface area contributed by atoms with Crippen molar-refractivity contribution in [1.82, 2.24) is 14.5 Å². The number of nitrogens with one attached hydrogen (secondary N) is 1. The van der Waals surface area contributed by atoms with E-state index in [0.717, 1.165) is 37.8 Å². The maximum atomic E-state index is 13.6. The number of hydrogen-bond acceptors (Lipinski definition) is 8. The van der Waals surface area contributed by atoms with Gasteiger partial charge in [-0.15, -0.1) is 6.42 Å². The molecule has 3 heterocycles. The molecule has 1 saturated heterocycles. The molecule has 52 heavy (non-hydrogen) atoms. The van der Waals surface area contributed by atoms with Gasteiger partial charge in [0.15, 0.2) is 0 Å². The van der Waals surface area contributed by atoms with Crippen LogP contribution < -0.4 is 14.4 Å². The number of ether oxygens (including phenoxy) is 1. The zero-order valence-corrected chi connectivity index (χ0v) is 31.9. The van der Waals surface area contributed by atoms with Gasteiger partial charge in [0.05, 0.1) is 36.2 Å². The van der Waals surface area contributed by atoms with Gasteiger partial charge < -0.3 is 19.6 Å². The molecular formula is C40H51ClN4O6S. The van der Waals surface area contributed by atoms with E-state index in [-0.39, 0.29) is 47.7 Å². The van der Waals surface area contributed by atoms with Crippen molar-refractivity contribution in [2.45, 2.75) is 81.5 Å². The van der Waals surface area contributed by atoms with Gasteiger partial charge in [-0.1, -0.05) is 36.9 Å². The molecular weight excluding hydrogens is 700 g/mol. The lowest BCUT2D eigenvalue weighted by Gasteiger charge is -2.52. The Hall–Kier alpha value is -3.30. The second kappa shape index (κ2) is 14.5. The average Bonchev–Trinajstić information content (AvgIpc) is 3.23. The van der Waals surface area contributed by atoms with Crippen LogP contribution in [0.15, 0.2) is 36.4 Å². The quantitative estimate of drug-likeness (QED) is 0.437. The summed E-state index contributed by atoms with van der Waals surface area (Å²) < 4.78 is 36.0. The van der Waals surface area contributed by atoms with E-state index in [4.69, 9.17) is 22.8 Å². The van der Waals surface area contributed by atoms with E-state index < -0.39 is 26.8 Å². The van der Waals surface area contributed by atoms with Crippen LogP contribution in [-0.2, 0) is 26.7 Å². The number of β-amino-alcohol motifs (C(OH)–C–C–N with tert-alkyl or cyclic N) is 1. The number of aliphatic hydroxyl groups is 1. The number of anilines is 1. The standard InChI is InChI=1S/C40H51ClN4O6S/c1-4-17-44-19-18-43(23-37(44)46)25-40(48)16-5-7-27(2)28(3)52(49,50)42-38(47)30-10-14-36-35(21-30)45(22-31-9-12-34(31)40)24-39(26-51-36)15-6-8-29-20-32(41)11-13-33(29)39/h1,10-11,13-14,20-21,27-28,31,34,48H,5-9,12,15-19,22-26H2,2-3H3,(H,42,47)/t27-,28+,31-,34+,39-,40+/m0/s1. The summed E-state index contributed by atoms with van der Waals surface area (Å²) in [6.45, 7) is 7.26. The smallest absolute Gasteiger partial charge is 0.264 e. The number of piperazine rings is 1. The van der Waals surface area contributed by atoms with E-state index >= 15 is 0 Å². The minimum absolute atomic E-state index is 0.0248. The largest absolute Gasteiger partial charge is 0.490 e. The number of amides is 2. The fourth-order valence-electron chi connectivity index (χ4n) is 9.52. The van der Waals surface area contributed by atoms with Crippen molar-refractivity contribution in [2.24, 2.45) is 17.8 Å². The third kappa shape index (κ3) is 7.16. The first-order valence-corrected chi connectivity index (χ1v) is 20.8. The van der Waals surface area contributed by atoms with Crippen LogP contribution in [0.3, 0.4) is 0 Å². The molecule has 6 atom stereocenters. The molecule has 2 aromatic rings. The molecule has 0 unspecified atom stereocenters. The van der Waals surface area contributed by atoms with E-state index in [1.807, 2.05) is 13.0 Å². The number of rotatable bonds is 3. The van der Waals surface area contributed by atoms with Crippen LogP contribution in [0.25, 0.3) is 0 Å². The third-order valence-electron chi connectivity index (χ3n) is 12.8. The highest BCUT2D eigenvalue weighted by molar-refractivity contribution is 7.90. The molecule has 1 saturated carbocycles. The Labute approximate surface area is 313 Å². The summed E-state index contributed by atoms with van der Waals surface area (Å²) in [5.74, 6) is 2.41. The van der Waals surface area contributed by atoms with E-state index in [9.17, 15) is 23.1 Å². The molecule has 2 fully saturated rings. The van der Waals surface area contributed by atoms with E-state index in [1.54, 1.807) is 30.0 Å². The first kappa shape index (κ1) is 37.0. The number of sulfonamides is 1. The molecule has 2 aromatic carbocycles. The third-order valence-corrected chi connectivity index (χ3v) is 15.0. The molecule has 2 N–H and O–H groups in total. The number of hydrogen-bond donors (Lipinski definition) is 2. The average molecular weight is 751 g/mol. The van der Waals surface area contributed by atoms with E-state index in [2.05, 4.69) is 32.6 Å². The summed E-state index contributed by atoms with van der Waals surface area (Å²) in [6, 6.07) is 11.3. The van der Waals surface area contributed by atoms with Crippen LogP contribution in [0, 0.1) is 30.1 Å². The molecule has 7 rings (SSSR count). The summed E-state index contributed by atoms with van der Waals surface area (Å²) in [6.07, 6.45) is 11.8. The van der Waals surface area contributed by atoms with Crippen LogP contribution in [0.2, 0.25) is 5.02 Å². The molecule has 0 radical (unpaired) electrons. The van der Waals surface area contributed by atoms with Crippen LogP contribution in [-0.4, -0.2) is 98.4 Å². The molecule has 12 heteroatoms. The Morgan fingerprint density at radius 2 is 1.90 bits per heavy atom. The highest BCUT2D eigenvalue weighted by Crippen LogP contribution is 2.49. The molecule has 1 spiro atoms. The van der Waals surface area contributed by atoms with Gasteiger partial charge in [-0.05, 0) is 111 Å². The topological polar surface area (TPSA) is 119 Å². The molecule has 3 aliphatic heterocycles. The Morgan fingerprint density at radius 1 is 1.08 bits per heavy atom. The van der Waals surface area contributed by atoms with Crippen molar-refractivity contribution in [3.8, 4) is 18.1 Å². The number of carbonyl (C=O) groups excluding carboxylic acids is 2. The second-order valence-electron chi connectivity index (χ2n) is 16.1. The molecule has 10 nitrogen and oxygen atoms in total. The number of fused-ring (bicyclic) bond motifs is 4. The van der Waals surface area contributed by atoms with Crippen molar-refractivity contribution < 1.29 is 27.9 Å². The summed E-state index contributed by atoms with van der Waals surface area (Å²) in [4.78, 5) is 32.7. The Kier molecular flexibility index (Phi) is 10.3. The number of benzene rings is 2. The Balaban J connectivity index is 1.26. The van der Waals surface area contributed by atoms with Gasteiger partial charge in [0.1, 0.15) is 5.75 Å². The van der Waals surface area contributed by atoms with Crippen LogP contribution in [0.5, 0.6) is 5.75 Å². The van der Waals surface area contributed by atoms with Crippen LogP contribution in [0.4, 0.5) is 5.69 Å². The molecule has 5 aliphatic rings. The second-order valence-corrected chi connectivity index (χ2v) is 18.6. The zero-order valence-electron chi connectivity index (χ0n) is 30.3. The Morgan fingerprint density at radius 3 is 2.65 bits per heavy atom. The van der Waals surface area contributed by atoms with Gasteiger partial charge in [0.25, 0.3) is 5.91 Å². The number of terminal acetylenes is 1. The van der Waals surface area contributed by atoms with Gasteiger partial charge in [-0.25, -0.2) is 13.1 Å². The molecule has 2 bridgehead atoms. The van der Waals surface area contributed by atoms with E-state index in [1.165, 1.54) is 11.1 Å². The first-order chi connectivity index (χ1) is 24.8. The predicted molar refractivity (Wildman–Crippen MR) is 202 cm³/mol. The number of aryl methyl sites for hydroxylation is 1. The fourth-order valence-corrected chi connectivity index (χ4v) is 11.0. The van der Waals surface area contributed by atoms with Crippen molar-refractivity contribution in [3.05, 3.63) is 58.1 Å². The van der Waals surface area contributed by atoms with Crippen molar-refractivity contribution in [2.75, 3.05) is 57.3 Å². The Bertz CT molecular complexity index is 1870. The molecule has 2 amide bonds. The zero-order chi connectivity index (χ0) is 36.8. The summed E-state index contributed by atoms with van der Waals surface area (Å²) in [7, 11) is -3.99. The van der Waals surface area contributed by atoms with Gasteiger partial charge >= 0.3 is 0 Å². The highest BCUT2D eigenvalue weighted by atomic mass is 35.5. The van der Waals surface area contributed by atoms with Crippen LogP contribution in [0.1, 0.15) is 80.3 Å². The molecule has 280 valence electrons. The maximum absolute atomic E-state index is 13.6. The lowest BCUT2D eigenvalue weighted by Crippen LogP contribution is -2.60. The molecule has 2 aliphatic carbocycles. The monoisotopic (exact) mass is 750 g/mol. The fraction of sp³-hybridized carbons (Fsp3) is 0.600. The van der Waals surface area contributed by atoms with Crippen LogP contribution >= 0.6 is 11.6 Å². The van der Waals surface area contributed by atoms with Gasteiger partial charge in [0, 0.05) is 48.7 Å². The number of carbonyl (C=O) groups is 2. The number of nitrogens with zero attached hydrogens (tertiary/aromatic N) is 3. The van der Waals surface area contributed by atoms with E-state index in [0.29, 0.717) is 69.4 Å². The maximum Gasteiger partial charge on any atom is 0.264 e. The summed E-state index contributed by atoms with van der Waals surface area (Å²) in [5.41, 5.74) is 2.05. The van der Waals surface area contributed by atoms with Gasteiger partial charge in [0.2, 0.25) is 15.9 Å². The summed E-state index contributed by atoms with van der Waals surface area (Å²) in [5, 5.41) is 12.6. The minimum Gasteiger partial charge on any atom is -0.490 e. The minimum atomic E-state index is -3.99. The van der Waals surface area contributed by atoms with Crippen molar-refractivity contribution >= 4 is 39.1 Å². The predicted octanol–water partition coefficient (Wildman–Crippen LogP) is 4.62. The lowest BCUT2D eigenvalue weighted by atomic mass is 9.62. The first-order valence-electron chi connectivity index (χ1n) is 18.8. The SMILES string of the molecule is C#CCN1CCN(C[C@]2(O)CCC[C@H](C)[C@@H](C)S(=O)(=O)NC(=O)c3ccc4c(c3)N(C[C@@H]3CC[C@H]32)C[C@@]2(CCCc3cc(Cl)ccc32)CO4)CC1=O.